The van der Waals surface area contributed by atoms with Crippen molar-refractivity contribution in [2.45, 2.75) is 0 Å². The van der Waals surface area contributed by atoms with Crippen molar-refractivity contribution >= 4 is 23.3 Å². The maximum Gasteiger partial charge on any atom is 0.161 e. The summed E-state index contributed by atoms with van der Waals surface area (Å²) in [5.74, 6) is 1.38. The lowest BCUT2D eigenvalue weighted by molar-refractivity contribution is 0.171. The number of benzene rings is 1. The Balaban J connectivity index is 2.35. The average Bonchev–Trinajstić information content (AvgIpc) is 2.35. The molecule has 1 aromatic rings. The minimum Gasteiger partial charge on any atom is -0.486 e. The first-order valence-corrected chi connectivity index (χ1v) is 5.43. The molecule has 86 valence electrons. The molecule has 0 unspecified atom stereocenters. The van der Waals surface area contributed by atoms with E-state index in [9.17, 15) is 0 Å². The summed E-state index contributed by atoms with van der Waals surface area (Å²) in [6, 6.07) is 7.37. The molecule has 1 aliphatic rings. The van der Waals surface area contributed by atoms with E-state index < -0.39 is 0 Å². The number of ether oxygens (including phenoxy) is 2. The summed E-state index contributed by atoms with van der Waals surface area (Å²) in [4.78, 5) is 0.0855. The van der Waals surface area contributed by atoms with E-state index in [1.54, 1.807) is 18.2 Å². The molecule has 17 heavy (non-hydrogen) atoms. The summed E-state index contributed by atoms with van der Waals surface area (Å²) in [6.07, 6.45) is 1.63. The first-order chi connectivity index (χ1) is 8.20. The van der Waals surface area contributed by atoms with Gasteiger partial charge in [0.15, 0.2) is 11.5 Å². The number of thiocarbonyl (C=S) groups is 1. The van der Waals surface area contributed by atoms with Crippen molar-refractivity contribution in [2.75, 3.05) is 13.2 Å². The predicted molar refractivity (Wildman–Crippen MR) is 67.8 cm³/mol. The molecule has 1 aliphatic heterocycles. The fourth-order valence-corrected chi connectivity index (χ4v) is 1.58. The second-order valence-corrected chi connectivity index (χ2v) is 3.88. The quantitative estimate of drug-likeness (QED) is 0.488. The molecule has 0 saturated carbocycles. The van der Waals surface area contributed by atoms with Gasteiger partial charge in [0.1, 0.15) is 24.3 Å². The Hall–Kier alpha value is -2.06. The maximum atomic E-state index is 8.85. The molecule has 1 heterocycles. The zero-order chi connectivity index (χ0) is 12.3. The fraction of sp³-hybridized carbons (Fsp3) is 0.167. The highest BCUT2D eigenvalue weighted by Crippen LogP contribution is 2.31. The molecule has 2 N–H and O–H groups in total. The van der Waals surface area contributed by atoms with Crippen LogP contribution in [-0.2, 0) is 0 Å². The molecule has 4 nitrogen and oxygen atoms in total. The number of nitriles is 1. The van der Waals surface area contributed by atoms with E-state index in [2.05, 4.69) is 0 Å². The molecule has 0 bridgehead atoms. The number of fused-ring (bicyclic) bond motifs is 1. The van der Waals surface area contributed by atoms with Gasteiger partial charge in [-0.3, -0.25) is 0 Å². The van der Waals surface area contributed by atoms with Crippen molar-refractivity contribution < 1.29 is 9.47 Å². The number of hydrogen-bond acceptors (Lipinski definition) is 4. The van der Waals surface area contributed by atoms with Crippen LogP contribution in [0.15, 0.2) is 23.8 Å². The van der Waals surface area contributed by atoms with Crippen LogP contribution in [0.1, 0.15) is 5.56 Å². The van der Waals surface area contributed by atoms with E-state index in [0.29, 0.717) is 24.7 Å². The highest BCUT2D eigenvalue weighted by Gasteiger charge is 2.11. The molecular formula is C12H10N2O2S. The second kappa shape index (κ2) is 4.85. The highest BCUT2D eigenvalue weighted by molar-refractivity contribution is 7.80. The average molecular weight is 246 g/mol. The second-order valence-electron chi connectivity index (χ2n) is 3.44. The zero-order valence-corrected chi connectivity index (χ0v) is 9.79. The van der Waals surface area contributed by atoms with Crippen LogP contribution in [0, 0.1) is 11.3 Å². The molecule has 0 radical (unpaired) electrons. The maximum absolute atomic E-state index is 8.85. The van der Waals surface area contributed by atoms with E-state index in [4.69, 9.17) is 32.7 Å². The molecular weight excluding hydrogens is 236 g/mol. The smallest absolute Gasteiger partial charge is 0.161 e. The van der Waals surface area contributed by atoms with Gasteiger partial charge in [-0.1, -0.05) is 18.3 Å². The number of hydrogen-bond donors (Lipinski definition) is 1. The zero-order valence-electron chi connectivity index (χ0n) is 8.97. The predicted octanol–water partition coefficient (Wildman–Crippen LogP) is 1.65. The SMILES string of the molecule is N#C/C(=C\c1ccc2c(c1)OCCO2)C(N)=S. The summed E-state index contributed by atoms with van der Waals surface area (Å²) in [5, 5.41) is 8.85. The van der Waals surface area contributed by atoms with Gasteiger partial charge in [0.25, 0.3) is 0 Å². The summed E-state index contributed by atoms with van der Waals surface area (Å²) in [5.41, 5.74) is 6.50. The molecule has 2 rings (SSSR count). The van der Waals surface area contributed by atoms with Crippen molar-refractivity contribution in [2.24, 2.45) is 5.73 Å². The molecule has 5 heteroatoms. The van der Waals surface area contributed by atoms with Crippen molar-refractivity contribution in [1.29, 1.82) is 5.26 Å². The van der Waals surface area contributed by atoms with Crippen LogP contribution in [0.3, 0.4) is 0 Å². The summed E-state index contributed by atoms with van der Waals surface area (Å²) in [6.45, 7) is 1.08. The van der Waals surface area contributed by atoms with E-state index in [0.717, 1.165) is 5.56 Å². The van der Waals surface area contributed by atoms with Crippen molar-refractivity contribution in [1.82, 2.24) is 0 Å². The monoisotopic (exact) mass is 246 g/mol. The van der Waals surface area contributed by atoms with Gasteiger partial charge in [-0.05, 0) is 23.8 Å². The Bertz CT molecular complexity index is 532. The number of nitrogens with zero attached hydrogens (tertiary/aromatic N) is 1. The van der Waals surface area contributed by atoms with Crippen molar-refractivity contribution in [3.8, 4) is 17.6 Å². The molecule has 1 aromatic carbocycles. The third-order valence-corrected chi connectivity index (χ3v) is 2.48. The standard InChI is InChI=1S/C12H10N2O2S/c13-7-9(12(14)17)5-8-1-2-10-11(6-8)16-4-3-15-10/h1-2,5-6H,3-4H2,(H2,14,17)/b9-5+. The Labute approximate surface area is 104 Å². The lowest BCUT2D eigenvalue weighted by Gasteiger charge is -2.18. The molecule has 0 amide bonds. The highest BCUT2D eigenvalue weighted by atomic mass is 32.1. The van der Waals surface area contributed by atoms with Crippen molar-refractivity contribution in [3.63, 3.8) is 0 Å². The van der Waals surface area contributed by atoms with E-state index in [1.165, 1.54) is 0 Å². The van der Waals surface area contributed by atoms with Crippen LogP contribution in [0.5, 0.6) is 11.5 Å². The summed E-state index contributed by atoms with van der Waals surface area (Å²) in [7, 11) is 0. The van der Waals surface area contributed by atoms with Gasteiger partial charge in [-0.25, -0.2) is 0 Å². The first kappa shape index (κ1) is 11.4. The van der Waals surface area contributed by atoms with Gasteiger partial charge in [0.05, 0.1) is 5.57 Å². The Morgan fingerprint density at radius 2 is 2.06 bits per heavy atom. The minimum atomic E-state index is 0.0855. The topological polar surface area (TPSA) is 68.3 Å². The Morgan fingerprint density at radius 1 is 1.35 bits per heavy atom. The summed E-state index contributed by atoms with van der Waals surface area (Å²) >= 11 is 4.77. The van der Waals surface area contributed by atoms with Gasteiger partial charge in [-0.2, -0.15) is 5.26 Å². The van der Waals surface area contributed by atoms with E-state index in [-0.39, 0.29) is 10.6 Å². The van der Waals surface area contributed by atoms with Crippen LogP contribution in [-0.4, -0.2) is 18.2 Å². The van der Waals surface area contributed by atoms with Gasteiger partial charge in [0, 0.05) is 0 Å². The largest absolute Gasteiger partial charge is 0.486 e. The lowest BCUT2D eigenvalue weighted by Crippen LogP contribution is -2.15. The molecule has 0 atom stereocenters. The Morgan fingerprint density at radius 3 is 2.71 bits per heavy atom. The van der Waals surface area contributed by atoms with E-state index >= 15 is 0 Å². The van der Waals surface area contributed by atoms with Crippen molar-refractivity contribution in [3.05, 3.63) is 29.3 Å². The Kier molecular flexibility index (Phi) is 3.26. The van der Waals surface area contributed by atoms with Gasteiger partial charge < -0.3 is 15.2 Å². The summed E-state index contributed by atoms with van der Waals surface area (Å²) < 4.78 is 10.8. The van der Waals surface area contributed by atoms with Gasteiger partial charge in [0.2, 0.25) is 0 Å². The van der Waals surface area contributed by atoms with Crippen LogP contribution < -0.4 is 15.2 Å². The first-order valence-electron chi connectivity index (χ1n) is 5.02. The molecule has 0 spiro atoms. The minimum absolute atomic E-state index is 0.0855. The molecule has 0 aromatic heterocycles. The fourth-order valence-electron chi connectivity index (χ4n) is 1.47. The molecule has 0 aliphatic carbocycles. The van der Waals surface area contributed by atoms with Crippen LogP contribution in [0.4, 0.5) is 0 Å². The van der Waals surface area contributed by atoms with Gasteiger partial charge in [-0.15, -0.1) is 0 Å². The third kappa shape index (κ3) is 2.55. The number of rotatable bonds is 2. The van der Waals surface area contributed by atoms with Crippen LogP contribution in [0.25, 0.3) is 6.08 Å². The number of nitrogens with two attached hydrogens (primary N) is 1. The van der Waals surface area contributed by atoms with Crippen LogP contribution in [0.2, 0.25) is 0 Å². The molecule has 0 fully saturated rings. The van der Waals surface area contributed by atoms with Crippen LogP contribution >= 0.6 is 12.2 Å². The third-order valence-electron chi connectivity index (χ3n) is 2.26. The molecule has 0 saturated heterocycles. The normalized spacial score (nSPS) is 13.9. The van der Waals surface area contributed by atoms with E-state index in [1.807, 2.05) is 12.1 Å². The lowest BCUT2D eigenvalue weighted by atomic mass is 10.1. The van der Waals surface area contributed by atoms with Gasteiger partial charge >= 0.3 is 0 Å².